The smallest absolute Gasteiger partial charge is 0.143 e. The molecule has 0 radical (unpaired) electrons. The molecule has 1 aromatic heterocycles. The fraction of sp³-hybridized carbons (Fsp3) is 0.273. The second-order valence-corrected chi connectivity index (χ2v) is 6.88. The van der Waals surface area contributed by atoms with Crippen LogP contribution in [0.3, 0.4) is 0 Å². The van der Waals surface area contributed by atoms with Crippen LogP contribution in [0.1, 0.15) is 39.2 Å². The molecule has 2 aromatic carbocycles. The average molecular weight is 348 g/mol. The van der Waals surface area contributed by atoms with Gasteiger partial charge in [-0.2, -0.15) is 0 Å². The molecule has 0 fully saturated rings. The fourth-order valence-corrected chi connectivity index (χ4v) is 2.94. The zero-order valence-electron chi connectivity index (χ0n) is 15.5. The minimum atomic E-state index is 0.0969. The van der Waals surface area contributed by atoms with Crippen molar-refractivity contribution in [2.75, 3.05) is 0 Å². The number of phenolic OH excluding ortho intramolecular Hbond substituents is 2. The van der Waals surface area contributed by atoms with Crippen LogP contribution in [-0.2, 0) is 6.42 Å². The first kappa shape index (κ1) is 17.9. The van der Waals surface area contributed by atoms with Gasteiger partial charge < -0.3 is 10.2 Å². The monoisotopic (exact) mass is 348 g/mol. The minimum Gasteiger partial charge on any atom is -0.506 e. The van der Waals surface area contributed by atoms with Crippen LogP contribution in [-0.4, -0.2) is 20.2 Å². The normalized spacial score (nSPS) is 11.9. The second kappa shape index (κ2) is 7.56. The molecule has 3 aromatic rings. The maximum atomic E-state index is 10.2. The summed E-state index contributed by atoms with van der Waals surface area (Å²) in [7, 11) is 0. The van der Waals surface area contributed by atoms with Crippen LogP contribution >= 0.6 is 0 Å². The Balaban J connectivity index is 1.97. The van der Waals surface area contributed by atoms with Gasteiger partial charge in [0, 0.05) is 0 Å². The van der Waals surface area contributed by atoms with E-state index in [-0.39, 0.29) is 11.5 Å². The molecular formula is C22H24N2O2. The van der Waals surface area contributed by atoms with E-state index < -0.39 is 0 Å². The summed E-state index contributed by atoms with van der Waals surface area (Å²) in [5.74, 6) is 0.199. The summed E-state index contributed by atoms with van der Waals surface area (Å²) >= 11 is 0. The molecule has 0 spiro atoms. The molecule has 0 bridgehead atoms. The molecule has 0 aliphatic carbocycles. The van der Waals surface area contributed by atoms with Crippen LogP contribution in [0.4, 0.5) is 0 Å². The van der Waals surface area contributed by atoms with Gasteiger partial charge in [-0.25, -0.2) is 9.97 Å². The highest BCUT2D eigenvalue weighted by atomic mass is 16.3. The molecule has 4 heteroatoms. The summed E-state index contributed by atoms with van der Waals surface area (Å²) in [6, 6.07) is 8.63. The molecule has 0 atom stereocenters. The zero-order valence-corrected chi connectivity index (χ0v) is 15.5. The van der Waals surface area contributed by atoms with Crippen LogP contribution in [0, 0.1) is 0 Å². The second-order valence-electron chi connectivity index (χ2n) is 6.88. The predicted molar refractivity (Wildman–Crippen MR) is 106 cm³/mol. The predicted octanol–water partition coefficient (Wildman–Crippen LogP) is 5.43. The van der Waals surface area contributed by atoms with Gasteiger partial charge in [-0.15, -0.1) is 0 Å². The summed E-state index contributed by atoms with van der Waals surface area (Å²) in [5.41, 5.74) is 5.76. The summed E-state index contributed by atoms with van der Waals surface area (Å²) in [5, 5.41) is 20.3. The molecule has 3 rings (SSSR count). The molecule has 0 saturated carbocycles. The van der Waals surface area contributed by atoms with Crippen LogP contribution in [0.2, 0.25) is 0 Å². The van der Waals surface area contributed by atoms with Crippen molar-refractivity contribution < 1.29 is 10.2 Å². The number of phenols is 2. The maximum absolute atomic E-state index is 10.2. The lowest BCUT2D eigenvalue weighted by molar-refractivity contribution is 0.478. The Morgan fingerprint density at radius 2 is 1.65 bits per heavy atom. The van der Waals surface area contributed by atoms with E-state index >= 15 is 0 Å². The number of nitrogens with zero attached hydrogens (tertiary/aromatic N) is 2. The van der Waals surface area contributed by atoms with Crippen molar-refractivity contribution in [2.24, 2.45) is 0 Å². The Kier molecular flexibility index (Phi) is 5.21. The summed E-state index contributed by atoms with van der Waals surface area (Å²) in [4.78, 5) is 9.08. The molecule has 134 valence electrons. The van der Waals surface area contributed by atoms with Gasteiger partial charge >= 0.3 is 0 Å². The van der Waals surface area contributed by atoms with Crippen LogP contribution in [0.25, 0.3) is 22.1 Å². The molecule has 26 heavy (non-hydrogen) atoms. The summed E-state index contributed by atoms with van der Waals surface area (Å²) < 4.78 is 0. The Bertz CT molecular complexity index is 1020. The van der Waals surface area contributed by atoms with E-state index in [0.29, 0.717) is 28.5 Å². The largest absolute Gasteiger partial charge is 0.506 e. The molecule has 2 N–H and O–H groups in total. The average Bonchev–Trinajstić information content (AvgIpc) is 2.60. The lowest BCUT2D eigenvalue weighted by Gasteiger charge is -2.08. The first-order valence-electron chi connectivity index (χ1n) is 8.85. The summed E-state index contributed by atoms with van der Waals surface area (Å²) in [6.07, 6.45) is 7.22. The Morgan fingerprint density at radius 3 is 2.42 bits per heavy atom. The number of aromatic hydroxyl groups is 2. The number of hydrogen-bond donors (Lipinski definition) is 2. The molecule has 0 aliphatic rings. The van der Waals surface area contributed by atoms with Crippen molar-refractivity contribution in [3.8, 4) is 11.5 Å². The van der Waals surface area contributed by atoms with Crippen molar-refractivity contribution in [3.05, 3.63) is 59.2 Å². The summed E-state index contributed by atoms with van der Waals surface area (Å²) in [6.45, 7) is 6.36. The quantitative estimate of drug-likeness (QED) is 0.476. The number of hydrogen-bond acceptors (Lipinski definition) is 4. The van der Waals surface area contributed by atoms with Crippen molar-refractivity contribution >= 4 is 22.1 Å². The fourth-order valence-electron chi connectivity index (χ4n) is 2.94. The van der Waals surface area contributed by atoms with Crippen molar-refractivity contribution in [3.63, 3.8) is 0 Å². The van der Waals surface area contributed by atoms with Crippen LogP contribution in [0.5, 0.6) is 11.5 Å². The van der Waals surface area contributed by atoms with Gasteiger partial charge in [0.2, 0.25) is 0 Å². The van der Waals surface area contributed by atoms with Crippen LogP contribution in [0.15, 0.2) is 53.6 Å². The highest BCUT2D eigenvalue weighted by Crippen LogP contribution is 2.30. The van der Waals surface area contributed by atoms with Crippen LogP contribution < -0.4 is 0 Å². The number of rotatable bonds is 5. The number of fused-ring (bicyclic) bond motifs is 2. The van der Waals surface area contributed by atoms with Crippen molar-refractivity contribution in [2.45, 2.75) is 40.0 Å². The Hall–Kier alpha value is -2.88. The van der Waals surface area contributed by atoms with Gasteiger partial charge in [0.25, 0.3) is 0 Å². The third kappa shape index (κ3) is 3.85. The van der Waals surface area contributed by atoms with Crippen molar-refractivity contribution in [1.82, 2.24) is 9.97 Å². The van der Waals surface area contributed by atoms with E-state index in [1.165, 1.54) is 11.1 Å². The zero-order chi connectivity index (χ0) is 18.7. The van der Waals surface area contributed by atoms with Gasteiger partial charge in [0.15, 0.2) is 0 Å². The molecule has 1 heterocycles. The topological polar surface area (TPSA) is 66.2 Å². The number of allylic oxidation sites excluding steroid dienone is 4. The minimum absolute atomic E-state index is 0.0969. The van der Waals surface area contributed by atoms with Gasteiger partial charge in [0.1, 0.15) is 22.5 Å². The van der Waals surface area contributed by atoms with E-state index in [9.17, 15) is 10.2 Å². The molecule has 0 amide bonds. The van der Waals surface area contributed by atoms with Gasteiger partial charge in [-0.3, -0.25) is 0 Å². The maximum Gasteiger partial charge on any atom is 0.143 e. The van der Waals surface area contributed by atoms with E-state index in [1.54, 1.807) is 24.3 Å². The first-order valence-corrected chi connectivity index (χ1v) is 8.85. The van der Waals surface area contributed by atoms with E-state index in [1.807, 2.05) is 6.07 Å². The molecule has 0 saturated heterocycles. The van der Waals surface area contributed by atoms with Crippen molar-refractivity contribution in [1.29, 1.82) is 0 Å². The molecular weight excluding hydrogens is 324 g/mol. The van der Waals surface area contributed by atoms with E-state index in [0.717, 1.165) is 18.4 Å². The van der Waals surface area contributed by atoms with E-state index in [4.69, 9.17) is 0 Å². The SMILES string of the molecule is CC(C)=CCCC(C)=CCc1ccc(O)c2nc3cccc(O)c3nc12. The third-order valence-electron chi connectivity index (χ3n) is 4.42. The lowest BCUT2D eigenvalue weighted by atomic mass is 10.0. The van der Waals surface area contributed by atoms with Gasteiger partial charge in [-0.05, 0) is 63.8 Å². The van der Waals surface area contributed by atoms with Gasteiger partial charge in [-0.1, -0.05) is 35.4 Å². The number of benzene rings is 2. The Labute approximate surface area is 153 Å². The molecule has 0 unspecified atom stereocenters. The highest BCUT2D eigenvalue weighted by molar-refractivity contribution is 5.93. The van der Waals surface area contributed by atoms with E-state index in [2.05, 4.69) is 42.9 Å². The third-order valence-corrected chi connectivity index (χ3v) is 4.42. The number of para-hydroxylation sites is 1. The molecule has 0 aliphatic heterocycles. The highest BCUT2D eigenvalue weighted by Gasteiger charge is 2.11. The first-order chi connectivity index (χ1) is 12.5. The molecule has 4 nitrogen and oxygen atoms in total. The van der Waals surface area contributed by atoms with Gasteiger partial charge in [0.05, 0.1) is 11.0 Å². The standard InChI is InChI=1S/C22H24N2O2/c1-14(2)6-4-7-15(3)10-11-16-12-13-19(26)22-20(16)24-21-17(23-22)8-5-9-18(21)25/h5-6,8-10,12-13,25-26H,4,7,11H2,1-3H3. The lowest BCUT2D eigenvalue weighted by Crippen LogP contribution is -1.94. The Morgan fingerprint density at radius 1 is 0.885 bits per heavy atom. The number of aromatic nitrogens is 2.